The highest BCUT2D eigenvalue weighted by atomic mass is 15.1. The molecule has 3 rings (SSSR count). The lowest BCUT2D eigenvalue weighted by Crippen LogP contribution is -2.27. The topological polar surface area (TPSA) is 78.3 Å². The molecule has 2 heterocycles. The van der Waals surface area contributed by atoms with Crippen molar-refractivity contribution in [2.24, 2.45) is 11.3 Å². The minimum Gasteiger partial charge on any atom is -0.328 e. The van der Waals surface area contributed by atoms with E-state index in [1.54, 1.807) is 0 Å². The van der Waals surface area contributed by atoms with Crippen molar-refractivity contribution in [1.29, 1.82) is 10.5 Å². The maximum Gasteiger partial charge on any atom is 0.179 e. The Balaban J connectivity index is 1.90. The molecule has 1 atom stereocenters. The van der Waals surface area contributed by atoms with Crippen molar-refractivity contribution in [3.05, 3.63) is 22.6 Å². The number of fused-ring (bicyclic) bond motifs is 3. The molecule has 30 heavy (non-hydrogen) atoms. The second-order valence-corrected chi connectivity index (χ2v) is 9.82. The SMILES string of the molecule is CCCCCCCCCn1c2c(c3nc(C#N)c(C#N)nc31)CC(C(C)(C)C)CC2. The summed E-state index contributed by atoms with van der Waals surface area (Å²) in [6.07, 6.45) is 12.0. The number of unbranched alkanes of at least 4 members (excludes halogenated alkanes) is 6. The molecule has 0 bridgehead atoms. The van der Waals surface area contributed by atoms with Crippen molar-refractivity contribution < 1.29 is 0 Å². The van der Waals surface area contributed by atoms with Crippen LogP contribution in [-0.2, 0) is 19.4 Å². The molecule has 160 valence electrons. The van der Waals surface area contributed by atoms with Crippen molar-refractivity contribution >= 4 is 11.2 Å². The van der Waals surface area contributed by atoms with Gasteiger partial charge >= 0.3 is 0 Å². The quantitative estimate of drug-likeness (QED) is 0.499. The van der Waals surface area contributed by atoms with Crippen LogP contribution in [0.5, 0.6) is 0 Å². The summed E-state index contributed by atoms with van der Waals surface area (Å²) in [6, 6.07) is 4.13. The number of rotatable bonds is 8. The molecule has 0 aliphatic heterocycles. The van der Waals surface area contributed by atoms with Gasteiger partial charge in [-0.05, 0) is 37.0 Å². The second-order valence-electron chi connectivity index (χ2n) is 9.82. The maximum atomic E-state index is 9.46. The highest BCUT2D eigenvalue weighted by molar-refractivity contribution is 5.79. The van der Waals surface area contributed by atoms with Gasteiger partial charge in [0.15, 0.2) is 17.0 Å². The first-order valence-corrected chi connectivity index (χ1v) is 11.6. The Kier molecular flexibility index (Phi) is 7.14. The zero-order chi connectivity index (χ0) is 21.7. The fourth-order valence-corrected chi connectivity index (χ4v) is 4.77. The van der Waals surface area contributed by atoms with E-state index in [9.17, 15) is 10.5 Å². The van der Waals surface area contributed by atoms with Gasteiger partial charge in [0.05, 0.1) is 0 Å². The molecule has 0 fully saturated rings. The fourth-order valence-electron chi connectivity index (χ4n) is 4.77. The Hall–Kier alpha value is -2.40. The lowest BCUT2D eigenvalue weighted by Gasteiger charge is -2.34. The second kappa shape index (κ2) is 9.61. The summed E-state index contributed by atoms with van der Waals surface area (Å²) in [4.78, 5) is 9.24. The number of nitriles is 2. The highest BCUT2D eigenvalue weighted by Crippen LogP contribution is 2.40. The van der Waals surface area contributed by atoms with Gasteiger partial charge in [0, 0.05) is 17.8 Å². The fraction of sp³-hybridized carbons (Fsp3) is 0.680. The number of hydrogen-bond acceptors (Lipinski definition) is 4. The molecule has 1 aliphatic rings. The number of nitrogens with zero attached hydrogens (tertiary/aromatic N) is 5. The normalized spacial score (nSPS) is 16.3. The van der Waals surface area contributed by atoms with E-state index in [0.29, 0.717) is 5.92 Å². The number of aromatic nitrogens is 3. The summed E-state index contributed by atoms with van der Waals surface area (Å²) in [6.45, 7) is 10.1. The molecular formula is C25H35N5. The smallest absolute Gasteiger partial charge is 0.179 e. The Bertz CT molecular complexity index is 965. The molecule has 0 spiro atoms. The molecule has 5 heteroatoms. The third-order valence-corrected chi connectivity index (χ3v) is 6.70. The third kappa shape index (κ3) is 4.67. The molecule has 0 saturated carbocycles. The monoisotopic (exact) mass is 405 g/mol. The molecule has 0 amide bonds. The van der Waals surface area contributed by atoms with Crippen LogP contribution in [0.2, 0.25) is 0 Å². The van der Waals surface area contributed by atoms with Gasteiger partial charge in [0.2, 0.25) is 0 Å². The van der Waals surface area contributed by atoms with Gasteiger partial charge in [-0.15, -0.1) is 0 Å². The maximum absolute atomic E-state index is 9.46. The minimum absolute atomic E-state index is 0.146. The van der Waals surface area contributed by atoms with Crippen molar-refractivity contribution in [1.82, 2.24) is 14.5 Å². The first kappa shape index (κ1) is 22.3. The Morgan fingerprint density at radius 3 is 2.23 bits per heavy atom. The summed E-state index contributed by atoms with van der Waals surface area (Å²) in [5.74, 6) is 0.589. The van der Waals surface area contributed by atoms with E-state index in [-0.39, 0.29) is 16.8 Å². The van der Waals surface area contributed by atoms with Crippen LogP contribution in [0.4, 0.5) is 0 Å². The van der Waals surface area contributed by atoms with Gasteiger partial charge < -0.3 is 4.57 Å². The van der Waals surface area contributed by atoms with Crippen molar-refractivity contribution in [3.8, 4) is 12.1 Å². The van der Waals surface area contributed by atoms with E-state index >= 15 is 0 Å². The summed E-state index contributed by atoms with van der Waals surface area (Å²) in [5, 5.41) is 18.9. The number of aryl methyl sites for hydroxylation is 1. The van der Waals surface area contributed by atoms with Crippen LogP contribution >= 0.6 is 0 Å². The van der Waals surface area contributed by atoms with Gasteiger partial charge in [-0.1, -0.05) is 66.2 Å². The average molecular weight is 406 g/mol. The summed E-state index contributed by atoms with van der Waals surface area (Å²) < 4.78 is 2.31. The molecule has 0 radical (unpaired) electrons. The third-order valence-electron chi connectivity index (χ3n) is 6.70. The zero-order valence-electron chi connectivity index (χ0n) is 19.1. The van der Waals surface area contributed by atoms with Crippen LogP contribution in [0.15, 0.2) is 0 Å². The molecular weight excluding hydrogens is 370 g/mol. The van der Waals surface area contributed by atoms with E-state index in [2.05, 4.69) is 54.4 Å². The summed E-state index contributed by atoms with van der Waals surface area (Å²) in [7, 11) is 0. The van der Waals surface area contributed by atoms with Crippen LogP contribution in [0.3, 0.4) is 0 Å². The van der Waals surface area contributed by atoms with Crippen LogP contribution < -0.4 is 0 Å². The number of hydrogen-bond donors (Lipinski definition) is 0. The van der Waals surface area contributed by atoms with Gasteiger partial charge in [0.25, 0.3) is 0 Å². The first-order valence-electron chi connectivity index (χ1n) is 11.6. The predicted octanol–water partition coefficient (Wildman–Crippen LogP) is 6.08. The predicted molar refractivity (Wildman–Crippen MR) is 120 cm³/mol. The molecule has 1 aliphatic carbocycles. The van der Waals surface area contributed by atoms with E-state index in [1.165, 1.54) is 56.2 Å². The minimum atomic E-state index is 0.146. The molecule has 2 aromatic rings. The van der Waals surface area contributed by atoms with E-state index < -0.39 is 0 Å². The highest BCUT2D eigenvalue weighted by Gasteiger charge is 2.33. The Morgan fingerprint density at radius 1 is 0.967 bits per heavy atom. The van der Waals surface area contributed by atoms with Crippen molar-refractivity contribution in [2.75, 3.05) is 0 Å². The lowest BCUT2D eigenvalue weighted by molar-refractivity contribution is 0.214. The van der Waals surface area contributed by atoms with E-state index in [0.717, 1.165) is 37.0 Å². The molecule has 5 nitrogen and oxygen atoms in total. The molecule has 0 saturated heterocycles. The summed E-state index contributed by atoms with van der Waals surface area (Å²) in [5.41, 5.74) is 4.77. The first-order chi connectivity index (χ1) is 14.4. The van der Waals surface area contributed by atoms with Crippen LogP contribution in [0.1, 0.15) is 102 Å². The van der Waals surface area contributed by atoms with Gasteiger partial charge in [-0.3, -0.25) is 0 Å². The molecule has 0 N–H and O–H groups in total. The van der Waals surface area contributed by atoms with Crippen molar-refractivity contribution in [3.63, 3.8) is 0 Å². The standard InChI is InChI=1S/C25H35N5/c1-5-6-7-8-9-10-11-14-30-22-13-12-18(25(2,3)4)15-19(22)23-24(30)29-21(17-27)20(16-26)28-23/h18H,5-15H2,1-4H3. The van der Waals surface area contributed by atoms with Crippen LogP contribution in [0, 0.1) is 34.0 Å². The van der Waals surface area contributed by atoms with Crippen LogP contribution in [-0.4, -0.2) is 14.5 Å². The molecule has 2 aromatic heterocycles. The van der Waals surface area contributed by atoms with Gasteiger partial charge in [0.1, 0.15) is 17.7 Å². The van der Waals surface area contributed by atoms with Gasteiger partial charge in [-0.25, -0.2) is 9.97 Å². The Morgan fingerprint density at radius 2 is 1.60 bits per heavy atom. The largest absolute Gasteiger partial charge is 0.328 e. The summed E-state index contributed by atoms with van der Waals surface area (Å²) >= 11 is 0. The molecule has 0 aromatic carbocycles. The molecule has 1 unspecified atom stereocenters. The van der Waals surface area contributed by atoms with Crippen LogP contribution in [0.25, 0.3) is 11.2 Å². The van der Waals surface area contributed by atoms with Gasteiger partial charge in [-0.2, -0.15) is 10.5 Å². The van der Waals surface area contributed by atoms with E-state index in [4.69, 9.17) is 0 Å². The van der Waals surface area contributed by atoms with Crippen molar-refractivity contribution in [2.45, 2.75) is 98.4 Å². The lowest BCUT2D eigenvalue weighted by atomic mass is 9.72. The average Bonchev–Trinajstić information content (AvgIpc) is 3.03. The van der Waals surface area contributed by atoms with E-state index in [1.807, 2.05) is 0 Å². The Labute approximate surface area is 181 Å². The zero-order valence-corrected chi connectivity index (χ0v) is 19.1.